The first-order valence-corrected chi connectivity index (χ1v) is 14.9. The van der Waals surface area contributed by atoms with Crippen LogP contribution in [-0.2, 0) is 21.0 Å². The molecule has 210 valence electrons. The van der Waals surface area contributed by atoms with Crippen molar-refractivity contribution >= 4 is 61.1 Å². The Labute approximate surface area is 241 Å². The number of carbonyl (C=O) groups excluding carboxylic acids is 1. The number of thiazole rings is 1. The second-order valence-electron chi connectivity index (χ2n) is 8.43. The Morgan fingerprint density at radius 2 is 1.90 bits per heavy atom. The number of anilines is 1. The third kappa shape index (κ3) is 6.45. The molecule has 2 aromatic heterocycles. The lowest BCUT2D eigenvalue weighted by atomic mass is 10.1. The molecule has 8 nitrogen and oxygen atoms in total. The molecular weight excluding hydrogens is 598 g/mol. The normalized spacial score (nSPS) is 16.1. The number of sulfonamides is 1. The summed E-state index contributed by atoms with van der Waals surface area (Å²) in [4.78, 5) is 23.2. The second-order valence-corrected chi connectivity index (χ2v) is 12.0. The first kappa shape index (κ1) is 28.4. The highest BCUT2D eigenvalue weighted by molar-refractivity contribution is 8.18. The third-order valence-corrected chi connectivity index (χ3v) is 8.78. The van der Waals surface area contributed by atoms with Crippen LogP contribution >= 0.6 is 23.1 Å². The molecular formula is C27H19F3N4O4S3. The molecule has 3 heterocycles. The molecule has 0 atom stereocenters. The molecule has 0 saturated carbocycles. The molecule has 0 unspecified atom stereocenters. The Hall–Kier alpha value is -4.14. The number of hydrogen-bond acceptors (Lipinski definition) is 8. The number of halogens is 3. The number of furan rings is 1. The minimum absolute atomic E-state index is 0.0183. The Morgan fingerprint density at radius 3 is 2.59 bits per heavy atom. The lowest BCUT2D eigenvalue weighted by Gasteiger charge is -2.12. The van der Waals surface area contributed by atoms with Gasteiger partial charge >= 0.3 is 6.18 Å². The number of nitrogens with zero attached hydrogens (tertiary/aromatic N) is 3. The van der Waals surface area contributed by atoms with E-state index in [4.69, 9.17) is 4.42 Å². The van der Waals surface area contributed by atoms with Gasteiger partial charge in [0.25, 0.3) is 15.9 Å². The summed E-state index contributed by atoms with van der Waals surface area (Å²) < 4.78 is 72.6. The predicted molar refractivity (Wildman–Crippen MR) is 153 cm³/mol. The van der Waals surface area contributed by atoms with Gasteiger partial charge < -0.3 is 4.42 Å². The highest BCUT2D eigenvalue weighted by Crippen LogP contribution is 2.36. The maximum absolute atomic E-state index is 13.1. The van der Waals surface area contributed by atoms with Gasteiger partial charge in [0.1, 0.15) is 11.5 Å². The van der Waals surface area contributed by atoms with Crippen LogP contribution in [0.3, 0.4) is 0 Å². The van der Waals surface area contributed by atoms with E-state index in [-0.39, 0.29) is 44.5 Å². The van der Waals surface area contributed by atoms with Crippen LogP contribution in [0, 0.1) is 0 Å². The molecule has 1 saturated heterocycles. The summed E-state index contributed by atoms with van der Waals surface area (Å²) >= 11 is 2.23. The molecule has 0 spiro atoms. The largest absolute Gasteiger partial charge is 0.457 e. The van der Waals surface area contributed by atoms with Gasteiger partial charge in [0.05, 0.1) is 21.1 Å². The molecule has 41 heavy (non-hydrogen) atoms. The van der Waals surface area contributed by atoms with Gasteiger partial charge in [-0.05, 0) is 60.3 Å². The van der Waals surface area contributed by atoms with E-state index >= 15 is 0 Å². The Bertz CT molecular complexity index is 1760. The van der Waals surface area contributed by atoms with Crippen LogP contribution < -0.4 is 4.72 Å². The Morgan fingerprint density at radius 1 is 1.12 bits per heavy atom. The molecule has 0 bridgehead atoms. The van der Waals surface area contributed by atoms with Gasteiger partial charge in [0, 0.05) is 29.8 Å². The summed E-state index contributed by atoms with van der Waals surface area (Å²) in [5, 5.41) is 2.23. The first-order chi connectivity index (χ1) is 19.5. The standard InChI is InChI=1S/C27H19F3N4O4S3/c1-2-13-34-24(35)23(16-20-8-11-22(38-20)17-4-3-5-18(15-17)27(28,29)30)40-26(34)32-19-6-9-21(10-7-19)41(36,37)33-25-31-12-14-39-25/h2-12,14-16H,1,13H2,(H,31,33). The summed E-state index contributed by atoms with van der Waals surface area (Å²) in [6.45, 7) is 3.85. The SMILES string of the molecule is C=CCN1C(=O)C(=Cc2ccc(-c3cccc(C(F)(F)F)c3)o2)SC1=Nc1ccc(S(=O)(=O)Nc2nccs2)cc1. The van der Waals surface area contributed by atoms with Crippen molar-refractivity contribution in [1.29, 1.82) is 0 Å². The zero-order chi connectivity index (χ0) is 29.2. The third-order valence-electron chi connectivity index (χ3n) is 5.60. The van der Waals surface area contributed by atoms with Crippen LogP contribution in [0.1, 0.15) is 11.3 Å². The van der Waals surface area contributed by atoms with Crippen molar-refractivity contribution in [3.63, 3.8) is 0 Å². The predicted octanol–water partition coefficient (Wildman–Crippen LogP) is 7.01. The van der Waals surface area contributed by atoms with Gasteiger partial charge in [0.15, 0.2) is 10.3 Å². The van der Waals surface area contributed by atoms with Crippen LogP contribution in [-0.4, -0.2) is 35.9 Å². The van der Waals surface area contributed by atoms with Crippen LogP contribution in [0.2, 0.25) is 0 Å². The van der Waals surface area contributed by atoms with E-state index < -0.39 is 21.8 Å². The van der Waals surface area contributed by atoms with Gasteiger partial charge in [-0.3, -0.25) is 14.4 Å². The highest BCUT2D eigenvalue weighted by Gasteiger charge is 2.33. The van der Waals surface area contributed by atoms with Gasteiger partial charge in [-0.15, -0.1) is 17.9 Å². The highest BCUT2D eigenvalue weighted by atomic mass is 32.2. The van der Waals surface area contributed by atoms with Crippen molar-refractivity contribution in [2.24, 2.45) is 4.99 Å². The number of benzene rings is 2. The molecule has 0 aliphatic carbocycles. The average molecular weight is 617 g/mol. The van der Waals surface area contributed by atoms with Crippen molar-refractivity contribution in [3.05, 3.63) is 101 Å². The van der Waals surface area contributed by atoms with Crippen LogP contribution in [0.25, 0.3) is 17.4 Å². The number of amides is 1. The van der Waals surface area contributed by atoms with E-state index in [0.29, 0.717) is 10.9 Å². The maximum Gasteiger partial charge on any atom is 0.416 e. The molecule has 0 radical (unpaired) electrons. The number of aliphatic imine (C=N–C) groups is 1. The Balaban J connectivity index is 1.37. The molecule has 1 aliphatic heterocycles. The van der Waals surface area contributed by atoms with Crippen molar-refractivity contribution in [1.82, 2.24) is 9.88 Å². The zero-order valence-electron chi connectivity index (χ0n) is 20.8. The lowest BCUT2D eigenvalue weighted by molar-refractivity contribution is -0.137. The topological polar surface area (TPSA) is 105 Å². The number of carbonyl (C=O) groups is 1. The van der Waals surface area contributed by atoms with Crippen molar-refractivity contribution in [3.8, 4) is 11.3 Å². The van der Waals surface area contributed by atoms with Crippen LogP contribution in [0.4, 0.5) is 24.0 Å². The molecule has 14 heteroatoms. The van der Waals surface area contributed by atoms with Gasteiger partial charge in [0.2, 0.25) is 0 Å². The minimum Gasteiger partial charge on any atom is -0.457 e. The molecule has 1 fully saturated rings. The number of aromatic nitrogens is 1. The number of hydrogen-bond donors (Lipinski definition) is 1. The molecule has 1 N–H and O–H groups in total. The minimum atomic E-state index is -4.49. The number of rotatable bonds is 8. The zero-order valence-corrected chi connectivity index (χ0v) is 23.3. The van der Waals surface area contributed by atoms with Crippen molar-refractivity contribution < 1.29 is 30.8 Å². The van der Waals surface area contributed by atoms with E-state index in [1.165, 1.54) is 65.7 Å². The molecule has 5 rings (SSSR count). The Kier molecular flexibility index (Phi) is 7.89. The summed E-state index contributed by atoms with van der Waals surface area (Å²) in [5.41, 5.74) is -0.137. The first-order valence-electron chi connectivity index (χ1n) is 11.7. The number of thioether (sulfide) groups is 1. The van der Waals surface area contributed by atoms with Crippen molar-refractivity contribution in [2.45, 2.75) is 11.1 Å². The molecule has 1 amide bonds. The van der Waals surface area contributed by atoms with E-state index in [0.717, 1.165) is 35.2 Å². The molecule has 1 aliphatic rings. The summed E-state index contributed by atoms with van der Waals surface area (Å²) in [6, 6.07) is 13.7. The lowest BCUT2D eigenvalue weighted by Crippen LogP contribution is -2.29. The maximum atomic E-state index is 13.1. The molecule has 4 aromatic rings. The fraction of sp³-hybridized carbons (Fsp3) is 0.0741. The smallest absolute Gasteiger partial charge is 0.416 e. The van der Waals surface area contributed by atoms with E-state index in [9.17, 15) is 26.4 Å². The average Bonchev–Trinajstić information content (AvgIpc) is 3.68. The van der Waals surface area contributed by atoms with Crippen molar-refractivity contribution in [2.75, 3.05) is 11.3 Å². The number of nitrogens with one attached hydrogen (secondary N) is 1. The second kappa shape index (κ2) is 11.4. The monoisotopic (exact) mass is 616 g/mol. The van der Waals surface area contributed by atoms with E-state index in [1.807, 2.05) is 0 Å². The quantitative estimate of drug-likeness (QED) is 0.169. The van der Waals surface area contributed by atoms with E-state index in [1.54, 1.807) is 11.4 Å². The van der Waals surface area contributed by atoms with Crippen LogP contribution in [0.5, 0.6) is 0 Å². The summed E-state index contributed by atoms with van der Waals surface area (Å²) in [6.07, 6.45) is 0.0249. The number of alkyl halides is 3. The van der Waals surface area contributed by atoms with Gasteiger partial charge in [-0.1, -0.05) is 18.2 Å². The summed E-state index contributed by atoms with van der Waals surface area (Å²) in [5.74, 6) is 0.127. The van der Waals surface area contributed by atoms with Crippen LogP contribution in [0.15, 0.2) is 104 Å². The summed E-state index contributed by atoms with van der Waals surface area (Å²) in [7, 11) is -3.84. The number of amidine groups is 1. The fourth-order valence-electron chi connectivity index (χ4n) is 3.70. The van der Waals surface area contributed by atoms with E-state index in [2.05, 4.69) is 21.3 Å². The van der Waals surface area contributed by atoms with Gasteiger partial charge in [-0.2, -0.15) is 13.2 Å². The molecule has 2 aromatic carbocycles. The fourth-order valence-corrected chi connectivity index (χ4v) is 6.48. The van der Waals surface area contributed by atoms with Gasteiger partial charge in [-0.25, -0.2) is 18.4 Å².